The molecule has 79 heavy (non-hydrogen) atoms. The Bertz CT molecular complexity index is 1500. The van der Waals surface area contributed by atoms with Crippen molar-refractivity contribution in [3.05, 3.63) is 85.1 Å². The van der Waals surface area contributed by atoms with E-state index in [1.807, 2.05) is 0 Å². The number of hydrogen-bond acceptors (Lipinski definition) is 6. The monoisotopic (exact) mass is 1100 g/mol. The van der Waals surface area contributed by atoms with Gasteiger partial charge in [-0.15, -0.1) is 0 Å². The molecule has 0 bridgehead atoms. The lowest BCUT2D eigenvalue weighted by molar-refractivity contribution is -0.167. The van der Waals surface area contributed by atoms with Crippen molar-refractivity contribution in [3.8, 4) is 0 Å². The zero-order valence-corrected chi connectivity index (χ0v) is 52.4. The van der Waals surface area contributed by atoms with Crippen molar-refractivity contribution in [2.24, 2.45) is 0 Å². The van der Waals surface area contributed by atoms with E-state index in [0.29, 0.717) is 19.3 Å². The highest BCUT2D eigenvalue weighted by molar-refractivity contribution is 5.71. The van der Waals surface area contributed by atoms with E-state index in [1.54, 1.807) is 0 Å². The van der Waals surface area contributed by atoms with E-state index in [2.05, 4.69) is 106 Å². The van der Waals surface area contributed by atoms with Crippen LogP contribution in [0.4, 0.5) is 0 Å². The number of hydrogen-bond donors (Lipinski definition) is 0. The lowest BCUT2D eigenvalue weighted by Gasteiger charge is -2.18. The van der Waals surface area contributed by atoms with Crippen LogP contribution < -0.4 is 0 Å². The first-order valence-corrected chi connectivity index (χ1v) is 34.1. The molecule has 1 unspecified atom stereocenters. The van der Waals surface area contributed by atoms with Gasteiger partial charge in [-0.1, -0.05) is 311 Å². The van der Waals surface area contributed by atoms with Gasteiger partial charge in [0, 0.05) is 19.3 Å². The van der Waals surface area contributed by atoms with Crippen molar-refractivity contribution in [1.29, 1.82) is 0 Å². The topological polar surface area (TPSA) is 78.9 Å². The summed E-state index contributed by atoms with van der Waals surface area (Å²) in [6.07, 6.45) is 88.9. The Balaban J connectivity index is 4.26. The van der Waals surface area contributed by atoms with Crippen molar-refractivity contribution in [3.63, 3.8) is 0 Å². The third-order valence-electron chi connectivity index (χ3n) is 14.9. The molecule has 0 aliphatic carbocycles. The van der Waals surface area contributed by atoms with Gasteiger partial charge in [-0.3, -0.25) is 14.4 Å². The van der Waals surface area contributed by atoms with E-state index in [4.69, 9.17) is 14.2 Å². The number of unbranched alkanes of at least 4 members (excludes halogenated alkanes) is 37. The molecule has 0 fully saturated rings. The summed E-state index contributed by atoms with van der Waals surface area (Å²) in [5, 5.41) is 0. The number of esters is 3. The van der Waals surface area contributed by atoms with E-state index in [0.717, 1.165) is 109 Å². The van der Waals surface area contributed by atoms with E-state index in [-0.39, 0.29) is 31.1 Å². The van der Waals surface area contributed by atoms with Crippen LogP contribution in [0.3, 0.4) is 0 Å². The molecule has 456 valence electrons. The second-order valence-corrected chi connectivity index (χ2v) is 22.7. The molecule has 0 aliphatic rings. The normalized spacial score (nSPS) is 12.6. The molecule has 0 radical (unpaired) electrons. The lowest BCUT2D eigenvalue weighted by Crippen LogP contribution is -2.30. The molecule has 6 heteroatoms. The molecule has 0 rings (SSSR count). The number of allylic oxidation sites excluding steroid dienone is 14. The van der Waals surface area contributed by atoms with Gasteiger partial charge in [0.15, 0.2) is 6.10 Å². The van der Waals surface area contributed by atoms with Crippen LogP contribution in [0, 0.1) is 0 Å². The highest BCUT2D eigenvalue weighted by Gasteiger charge is 2.19. The third-order valence-corrected chi connectivity index (χ3v) is 14.9. The number of rotatable bonds is 62. The largest absolute Gasteiger partial charge is 0.462 e. The molecule has 0 aromatic rings. The van der Waals surface area contributed by atoms with Crippen LogP contribution in [0.15, 0.2) is 85.1 Å². The molecular formula is C73H128O6. The van der Waals surface area contributed by atoms with Gasteiger partial charge >= 0.3 is 17.9 Å². The molecule has 0 aliphatic heterocycles. The summed E-state index contributed by atoms with van der Waals surface area (Å²) in [6.45, 7) is 6.54. The molecule has 0 saturated heterocycles. The van der Waals surface area contributed by atoms with Crippen molar-refractivity contribution >= 4 is 17.9 Å². The quantitative estimate of drug-likeness (QED) is 0.0261. The summed E-state index contributed by atoms with van der Waals surface area (Å²) in [5.74, 6) is -0.878. The van der Waals surface area contributed by atoms with Gasteiger partial charge in [0.25, 0.3) is 0 Å². The molecule has 0 aromatic carbocycles. The Morgan fingerprint density at radius 1 is 0.266 bits per heavy atom. The van der Waals surface area contributed by atoms with Crippen LogP contribution >= 0.6 is 0 Å². The van der Waals surface area contributed by atoms with Gasteiger partial charge in [0.05, 0.1) is 0 Å². The predicted octanol–water partition coefficient (Wildman–Crippen LogP) is 23.4. The van der Waals surface area contributed by atoms with E-state index in [1.165, 1.54) is 193 Å². The first-order chi connectivity index (χ1) is 39.0. The van der Waals surface area contributed by atoms with Crippen LogP contribution in [0.5, 0.6) is 0 Å². The van der Waals surface area contributed by atoms with Gasteiger partial charge in [0.1, 0.15) is 13.2 Å². The summed E-state index contributed by atoms with van der Waals surface area (Å²) >= 11 is 0. The van der Waals surface area contributed by atoms with Gasteiger partial charge in [-0.2, -0.15) is 0 Å². The highest BCUT2D eigenvalue weighted by atomic mass is 16.6. The molecule has 0 aromatic heterocycles. The second-order valence-electron chi connectivity index (χ2n) is 22.7. The van der Waals surface area contributed by atoms with Gasteiger partial charge < -0.3 is 14.2 Å². The minimum absolute atomic E-state index is 0.0790. The molecule has 0 saturated carbocycles. The van der Waals surface area contributed by atoms with Crippen LogP contribution in [-0.4, -0.2) is 37.2 Å². The molecule has 0 spiro atoms. The summed E-state index contributed by atoms with van der Waals surface area (Å²) < 4.78 is 16.9. The van der Waals surface area contributed by atoms with Crippen molar-refractivity contribution in [1.82, 2.24) is 0 Å². The smallest absolute Gasteiger partial charge is 0.306 e. The highest BCUT2D eigenvalue weighted by Crippen LogP contribution is 2.17. The first kappa shape index (κ1) is 75.6. The lowest BCUT2D eigenvalue weighted by atomic mass is 10.0. The maximum atomic E-state index is 12.9. The average molecular weight is 1100 g/mol. The molecule has 0 heterocycles. The van der Waals surface area contributed by atoms with Crippen molar-refractivity contribution in [2.45, 2.75) is 348 Å². The van der Waals surface area contributed by atoms with E-state index >= 15 is 0 Å². The Labute approximate surface area is 490 Å². The molecule has 0 N–H and O–H groups in total. The summed E-state index contributed by atoms with van der Waals surface area (Å²) in [6, 6.07) is 0. The number of ether oxygens (including phenoxy) is 3. The van der Waals surface area contributed by atoms with Crippen molar-refractivity contribution in [2.75, 3.05) is 13.2 Å². The standard InChI is InChI=1S/C73H128O6/c1-4-7-10-13-16-19-22-25-27-29-31-32-33-34-35-36-37-38-39-40-42-43-45-48-51-54-57-60-63-66-72(75)78-69-70(68-77-71(74)65-62-59-56-53-50-47-24-21-18-15-12-9-6-3)79-73(76)67-64-61-58-55-52-49-46-44-41-30-28-26-23-20-17-14-11-8-5-2/h8,11,17,20,22,25-26,28-29,31,33-34,41,44,70H,4-7,9-10,12-16,18-19,21,23-24,27,30,32,35-40,42-43,45-69H2,1-3H3/b11-8-,20-17-,25-22-,28-26-,31-29-,34-33-,44-41-. The summed E-state index contributed by atoms with van der Waals surface area (Å²) in [4.78, 5) is 38.4. The Morgan fingerprint density at radius 2 is 0.494 bits per heavy atom. The fourth-order valence-corrected chi connectivity index (χ4v) is 9.80. The summed E-state index contributed by atoms with van der Waals surface area (Å²) in [7, 11) is 0. The Hall–Kier alpha value is -3.41. The fraction of sp³-hybridized carbons (Fsp3) is 0.767. The van der Waals surface area contributed by atoms with Gasteiger partial charge in [-0.05, 0) is 96.3 Å². The molecule has 1 atom stereocenters. The third kappa shape index (κ3) is 65.3. The number of carbonyl (C=O) groups excluding carboxylic acids is 3. The van der Waals surface area contributed by atoms with E-state index in [9.17, 15) is 14.4 Å². The predicted molar refractivity (Wildman–Crippen MR) is 344 cm³/mol. The van der Waals surface area contributed by atoms with Crippen molar-refractivity contribution < 1.29 is 28.6 Å². The zero-order valence-electron chi connectivity index (χ0n) is 52.4. The fourth-order valence-electron chi connectivity index (χ4n) is 9.80. The van der Waals surface area contributed by atoms with Gasteiger partial charge in [-0.25, -0.2) is 0 Å². The maximum Gasteiger partial charge on any atom is 0.306 e. The molecule has 6 nitrogen and oxygen atoms in total. The average Bonchev–Trinajstić information content (AvgIpc) is 3.45. The first-order valence-electron chi connectivity index (χ1n) is 34.1. The minimum atomic E-state index is -0.784. The van der Waals surface area contributed by atoms with Crippen LogP contribution in [0.1, 0.15) is 342 Å². The number of carbonyl (C=O) groups is 3. The molecular weight excluding hydrogens is 973 g/mol. The minimum Gasteiger partial charge on any atom is -0.462 e. The van der Waals surface area contributed by atoms with Crippen LogP contribution in [0.2, 0.25) is 0 Å². The molecule has 0 amide bonds. The second kappa shape index (κ2) is 67.1. The Kier molecular flexibility index (Phi) is 64.2. The Morgan fingerprint density at radius 3 is 0.772 bits per heavy atom. The zero-order chi connectivity index (χ0) is 57.1. The SMILES string of the molecule is CC/C=C\C/C=C\C/C=C\C/C=C\CCCCCCCCC(=O)OC(COC(=O)CCCCCCCCCCCCCCC)COC(=O)CCCCCCCCCCCCCCCC/C=C\C/C=C\C/C=C\CCCCCCC. The van der Waals surface area contributed by atoms with E-state index < -0.39 is 6.10 Å². The summed E-state index contributed by atoms with van der Waals surface area (Å²) in [5.41, 5.74) is 0. The maximum absolute atomic E-state index is 12.9. The van der Waals surface area contributed by atoms with Crippen LogP contribution in [0.25, 0.3) is 0 Å². The van der Waals surface area contributed by atoms with Gasteiger partial charge in [0.2, 0.25) is 0 Å². The van der Waals surface area contributed by atoms with Crippen LogP contribution in [-0.2, 0) is 28.6 Å².